The van der Waals surface area contributed by atoms with Crippen molar-refractivity contribution in [2.45, 2.75) is 12.8 Å². The number of rotatable bonds is 6. The molecule has 0 radical (unpaired) electrons. The van der Waals surface area contributed by atoms with Crippen LogP contribution in [0.15, 0.2) is 48.5 Å². The maximum atomic E-state index is 11.9. The molecular formula is C19H16Cl2N2O3S2. The second-order valence-electron chi connectivity index (χ2n) is 6.10. The lowest BCUT2D eigenvalue weighted by Crippen LogP contribution is -2.29. The molecule has 0 aliphatic heterocycles. The summed E-state index contributed by atoms with van der Waals surface area (Å²) in [7, 11) is -3.58. The Kier molecular flexibility index (Phi) is 6.40. The van der Waals surface area contributed by atoms with Crippen LogP contribution in [0.1, 0.15) is 11.3 Å². The van der Waals surface area contributed by atoms with Crippen LogP contribution in [0.5, 0.6) is 0 Å². The molecule has 0 saturated carbocycles. The fraction of sp³-hybridized carbons (Fsp3) is 0.158. The van der Waals surface area contributed by atoms with Gasteiger partial charge in [0.2, 0.25) is 15.9 Å². The van der Waals surface area contributed by atoms with E-state index in [-0.39, 0.29) is 6.42 Å². The minimum absolute atomic E-state index is 0.0376. The fourth-order valence-electron chi connectivity index (χ4n) is 2.56. The number of thiazole rings is 1. The normalized spacial score (nSPS) is 11.4. The molecule has 3 aromatic rings. The van der Waals surface area contributed by atoms with Gasteiger partial charge in [0.05, 0.1) is 11.9 Å². The van der Waals surface area contributed by atoms with Gasteiger partial charge in [-0.15, -0.1) is 11.3 Å². The quantitative estimate of drug-likeness (QED) is 0.580. The van der Waals surface area contributed by atoms with Crippen LogP contribution in [0.2, 0.25) is 10.0 Å². The molecule has 9 heteroatoms. The summed E-state index contributed by atoms with van der Waals surface area (Å²) in [6, 6.07) is 14.6. The Bertz CT molecular complexity index is 1090. The van der Waals surface area contributed by atoms with Gasteiger partial charge in [-0.25, -0.2) is 13.4 Å². The first-order chi connectivity index (χ1) is 13.2. The van der Waals surface area contributed by atoms with Gasteiger partial charge in [0, 0.05) is 32.5 Å². The van der Waals surface area contributed by atoms with Gasteiger partial charge in [0.1, 0.15) is 5.01 Å². The summed E-state index contributed by atoms with van der Waals surface area (Å²) in [5.74, 6) is -0.550. The predicted molar refractivity (Wildman–Crippen MR) is 114 cm³/mol. The number of carbonyl (C=O) groups excluding carboxylic acids is 1. The first kappa shape index (κ1) is 20.8. The van der Waals surface area contributed by atoms with Gasteiger partial charge in [0.15, 0.2) is 0 Å². The summed E-state index contributed by atoms with van der Waals surface area (Å²) in [4.78, 5) is 17.5. The molecule has 0 bridgehead atoms. The molecule has 1 amide bonds. The number of nitrogens with one attached hydrogen (secondary N) is 1. The molecular weight excluding hydrogens is 439 g/mol. The lowest BCUT2D eigenvalue weighted by Gasteiger charge is -2.04. The summed E-state index contributed by atoms with van der Waals surface area (Å²) in [6.45, 7) is 0. The van der Waals surface area contributed by atoms with E-state index < -0.39 is 15.9 Å². The molecule has 0 spiro atoms. The van der Waals surface area contributed by atoms with Crippen molar-refractivity contribution >= 4 is 50.5 Å². The number of carbonyl (C=O) groups is 1. The van der Waals surface area contributed by atoms with Crippen molar-refractivity contribution in [1.29, 1.82) is 0 Å². The molecule has 1 aromatic heterocycles. The summed E-state index contributed by atoms with van der Waals surface area (Å²) >= 11 is 13.4. The van der Waals surface area contributed by atoms with E-state index in [4.69, 9.17) is 28.2 Å². The van der Waals surface area contributed by atoms with E-state index in [1.165, 1.54) is 11.3 Å². The van der Waals surface area contributed by atoms with Gasteiger partial charge < -0.3 is 0 Å². The van der Waals surface area contributed by atoms with Crippen molar-refractivity contribution in [1.82, 2.24) is 9.71 Å². The van der Waals surface area contributed by atoms with Crippen LogP contribution < -0.4 is 4.72 Å². The van der Waals surface area contributed by atoms with Crippen molar-refractivity contribution in [2.75, 3.05) is 6.26 Å². The highest BCUT2D eigenvalue weighted by Gasteiger charge is 2.17. The Hall–Kier alpha value is -1.93. The van der Waals surface area contributed by atoms with Gasteiger partial charge >= 0.3 is 0 Å². The van der Waals surface area contributed by atoms with Crippen LogP contribution in [0.3, 0.4) is 0 Å². The molecule has 0 aliphatic carbocycles. The topological polar surface area (TPSA) is 76.1 Å². The van der Waals surface area contributed by atoms with Crippen LogP contribution in [0.25, 0.3) is 21.8 Å². The molecule has 2 aromatic carbocycles. The minimum Gasteiger partial charge on any atom is -0.274 e. The number of hydrogen-bond donors (Lipinski definition) is 1. The largest absolute Gasteiger partial charge is 0.274 e. The first-order valence-corrected chi connectivity index (χ1v) is 11.7. The Balaban J connectivity index is 1.93. The van der Waals surface area contributed by atoms with Crippen molar-refractivity contribution in [2.24, 2.45) is 0 Å². The second kappa shape index (κ2) is 8.61. The summed E-state index contributed by atoms with van der Waals surface area (Å²) in [6.07, 6.45) is 1.36. The monoisotopic (exact) mass is 454 g/mol. The number of nitrogens with zero attached hydrogens (tertiary/aromatic N) is 1. The first-order valence-electron chi connectivity index (χ1n) is 8.23. The fourth-order valence-corrected chi connectivity index (χ4v) is 4.41. The average Bonchev–Trinajstić information content (AvgIpc) is 3.04. The van der Waals surface area contributed by atoms with Crippen LogP contribution in [-0.2, 0) is 21.2 Å². The number of hydrogen-bond acceptors (Lipinski definition) is 5. The minimum atomic E-state index is -3.58. The smallest absolute Gasteiger partial charge is 0.233 e. The number of sulfonamides is 1. The zero-order chi connectivity index (χ0) is 20.3. The third-order valence-corrected chi connectivity index (χ3v) is 6.05. The van der Waals surface area contributed by atoms with Crippen LogP contribution in [0.4, 0.5) is 0 Å². The number of amides is 1. The SMILES string of the molecule is CS(=O)(=O)NC(=O)CCc1sc(-c2ccc(Cl)cc2)nc1-c1ccc(Cl)cc1. The number of aromatic nitrogens is 1. The van der Waals surface area contributed by atoms with Gasteiger partial charge in [-0.1, -0.05) is 47.5 Å². The Morgan fingerprint density at radius 2 is 1.54 bits per heavy atom. The van der Waals surface area contributed by atoms with E-state index in [0.717, 1.165) is 33.0 Å². The maximum absolute atomic E-state index is 11.9. The van der Waals surface area contributed by atoms with E-state index in [0.29, 0.717) is 16.5 Å². The lowest BCUT2D eigenvalue weighted by atomic mass is 10.1. The van der Waals surface area contributed by atoms with E-state index in [2.05, 4.69) is 0 Å². The molecule has 0 unspecified atom stereocenters. The highest BCUT2D eigenvalue weighted by atomic mass is 35.5. The van der Waals surface area contributed by atoms with Gasteiger partial charge in [-0.05, 0) is 30.7 Å². The molecule has 1 heterocycles. The summed E-state index contributed by atoms with van der Waals surface area (Å²) < 4.78 is 24.4. The van der Waals surface area contributed by atoms with Crippen molar-refractivity contribution in [3.8, 4) is 21.8 Å². The zero-order valence-electron chi connectivity index (χ0n) is 14.8. The molecule has 3 rings (SSSR count). The molecule has 146 valence electrons. The van der Waals surface area contributed by atoms with Gasteiger partial charge in [-0.3, -0.25) is 9.52 Å². The maximum Gasteiger partial charge on any atom is 0.233 e. The highest BCUT2D eigenvalue weighted by molar-refractivity contribution is 7.89. The van der Waals surface area contributed by atoms with E-state index in [1.807, 2.05) is 29.0 Å². The molecule has 1 N–H and O–H groups in total. The van der Waals surface area contributed by atoms with E-state index >= 15 is 0 Å². The number of halogens is 2. The average molecular weight is 455 g/mol. The molecule has 0 saturated heterocycles. The van der Waals surface area contributed by atoms with Crippen LogP contribution >= 0.6 is 34.5 Å². The molecule has 0 aliphatic rings. The Labute approximate surface area is 177 Å². The predicted octanol–water partition coefficient (Wildman–Crippen LogP) is 4.79. The van der Waals surface area contributed by atoms with Gasteiger partial charge in [0.25, 0.3) is 0 Å². The third kappa shape index (κ3) is 5.54. The third-order valence-electron chi connectivity index (χ3n) is 3.78. The van der Waals surface area contributed by atoms with Crippen molar-refractivity contribution in [3.63, 3.8) is 0 Å². The Morgan fingerprint density at radius 1 is 1.00 bits per heavy atom. The van der Waals surface area contributed by atoms with E-state index in [9.17, 15) is 13.2 Å². The standard InChI is InChI=1S/C19H16Cl2N2O3S2/c1-28(25,26)23-17(24)11-10-16-18(12-2-6-14(20)7-3-12)22-19(27-16)13-4-8-15(21)9-5-13/h2-9H,10-11H2,1H3,(H,23,24). The summed E-state index contributed by atoms with van der Waals surface area (Å²) in [5.41, 5.74) is 2.54. The number of aryl methyl sites for hydroxylation is 1. The second-order valence-corrected chi connectivity index (χ2v) is 9.81. The molecule has 0 fully saturated rings. The Morgan fingerprint density at radius 3 is 2.07 bits per heavy atom. The molecule has 5 nitrogen and oxygen atoms in total. The van der Waals surface area contributed by atoms with E-state index in [1.54, 1.807) is 24.3 Å². The molecule has 28 heavy (non-hydrogen) atoms. The van der Waals surface area contributed by atoms with Gasteiger partial charge in [-0.2, -0.15) is 0 Å². The lowest BCUT2D eigenvalue weighted by molar-refractivity contribution is -0.119. The van der Waals surface area contributed by atoms with Crippen molar-refractivity contribution in [3.05, 3.63) is 63.5 Å². The summed E-state index contributed by atoms with van der Waals surface area (Å²) in [5, 5.41) is 2.04. The highest BCUT2D eigenvalue weighted by Crippen LogP contribution is 2.35. The van der Waals surface area contributed by atoms with Crippen LogP contribution in [-0.4, -0.2) is 25.6 Å². The number of benzene rings is 2. The zero-order valence-corrected chi connectivity index (χ0v) is 17.9. The molecule has 0 atom stereocenters. The van der Waals surface area contributed by atoms with Crippen LogP contribution in [0, 0.1) is 0 Å². The van der Waals surface area contributed by atoms with Crippen molar-refractivity contribution < 1.29 is 13.2 Å².